The number of aromatic hydroxyl groups is 1. The predicted molar refractivity (Wildman–Crippen MR) is 48.8 cm³/mol. The van der Waals surface area contributed by atoms with Crippen LogP contribution in [-0.4, -0.2) is 16.2 Å². The van der Waals surface area contributed by atoms with Gasteiger partial charge in [-0.25, -0.2) is 4.39 Å². The zero-order valence-corrected chi connectivity index (χ0v) is 7.75. The summed E-state index contributed by atoms with van der Waals surface area (Å²) in [5.74, 6) is -2.13. The maximum absolute atomic E-state index is 13.2. The monoisotopic (exact) mass is 198 g/mol. The first-order valence-corrected chi connectivity index (χ1v) is 4.20. The Morgan fingerprint density at radius 1 is 1.50 bits per heavy atom. The summed E-state index contributed by atoms with van der Waals surface area (Å²) in [5, 5.41) is 17.5. The van der Waals surface area contributed by atoms with E-state index in [1.54, 1.807) is 6.92 Å². The van der Waals surface area contributed by atoms with Crippen LogP contribution in [0, 0.1) is 12.7 Å². The molecule has 1 aromatic rings. The topological polar surface area (TPSA) is 57.5 Å². The van der Waals surface area contributed by atoms with E-state index in [-0.39, 0.29) is 18.4 Å². The predicted octanol–water partition coefficient (Wildman–Crippen LogP) is 1.86. The van der Waals surface area contributed by atoms with Crippen molar-refractivity contribution in [2.24, 2.45) is 0 Å². The molecule has 0 aromatic heterocycles. The van der Waals surface area contributed by atoms with Crippen LogP contribution in [0.2, 0.25) is 0 Å². The maximum atomic E-state index is 13.2. The molecule has 0 aliphatic carbocycles. The summed E-state index contributed by atoms with van der Waals surface area (Å²) in [7, 11) is 0. The van der Waals surface area contributed by atoms with Gasteiger partial charge in [-0.15, -0.1) is 0 Å². The molecule has 76 valence electrons. The van der Waals surface area contributed by atoms with Crippen molar-refractivity contribution in [1.82, 2.24) is 0 Å². The smallest absolute Gasteiger partial charge is 0.303 e. The van der Waals surface area contributed by atoms with Gasteiger partial charge in [-0.2, -0.15) is 0 Å². The molecule has 0 aliphatic rings. The molecule has 0 radical (unpaired) electrons. The van der Waals surface area contributed by atoms with Crippen molar-refractivity contribution in [3.05, 3.63) is 29.1 Å². The second-order valence-corrected chi connectivity index (χ2v) is 3.15. The van der Waals surface area contributed by atoms with Crippen LogP contribution in [0.1, 0.15) is 17.5 Å². The Labute approximate surface area is 80.8 Å². The van der Waals surface area contributed by atoms with Crippen LogP contribution in [-0.2, 0) is 11.2 Å². The van der Waals surface area contributed by atoms with Gasteiger partial charge in [0.1, 0.15) is 0 Å². The van der Waals surface area contributed by atoms with E-state index in [4.69, 9.17) is 10.2 Å². The van der Waals surface area contributed by atoms with E-state index in [1.807, 2.05) is 0 Å². The van der Waals surface area contributed by atoms with E-state index in [1.165, 1.54) is 12.1 Å². The zero-order valence-electron chi connectivity index (χ0n) is 7.75. The summed E-state index contributed by atoms with van der Waals surface area (Å²) in [6, 6.07) is 2.84. The Morgan fingerprint density at radius 3 is 2.71 bits per heavy atom. The quantitative estimate of drug-likeness (QED) is 0.779. The highest BCUT2D eigenvalue weighted by Gasteiger charge is 2.09. The summed E-state index contributed by atoms with van der Waals surface area (Å²) in [4.78, 5) is 10.3. The van der Waals surface area contributed by atoms with Crippen molar-refractivity contribution in [2.45, 2.75) is 19.8 Å². The van der Waals surface area contributed by atoms with E-state index < -0.39 is 17.5 Å². The number of benzene rings is 1. The Kier molecular flexibility index (Phi) is 3.06. The number of carbonyl (C=O) groups is 1. The minimum atomic E-state index is -0.981. The van der Waals surface area contributed by atoms with Crippen LogP contribution < -0.4 is 0 Å². The molecule has 14 heavy (non-hydrogen) atoms. The number of hydrogen-bond acceptors (Lipinski definition) is 2. The number of halogens is 1. The molecule has 0 aliphatic heterocycles. The standard InChI is InChI=1S/C10H11FO3/c1-6-4-7(2-3-9(13)14)10(11)8(12)5-6/h4-5,12H,2-3H2,1H3,(H,13,14). The van der Waals surface area contributed by atoms with Crippen molar-refractivity contribution in [3.8, 4) is 5.75 Å². The molecule has 0 saturated heterocycles. The first-order chi connectivity index (χ1) is 6.50. The van der Waals surface area contributed by atoms with Crippen LogP contribution in [0.25, 0.3) is 0 Å². The maximum Gasteiger partial charge on any atom is 0.303 e. The first-order valence-electron chi connectivity index (χ1n) is 4.20. The molecule has 0 atom stereocenters. The Balaban J connectivity index is 2.90. The molecule has 3 nitrogen and oxygen atoms in total. The molecule has 0 unspecified atom stereocenters. The number of carboxylic acids is 1. The molecular weight excluding hydrogens is 187 g/mol. The number of phenols is 1. The van der Waals surface area contributed by atoms with Gasteiger partial charge in [0.25, 0.3) is 0 Å². The molecule has 0 saturated carbocycles. The average Bonchev–Trinajstić information content (AvgIpc) is 2.08. The third kappa shape index (κ3) is 2.45. The average molecular weight is 198 g/mol. The number of phenolic OH excluding ortho intramolecular Hbond substituents is 1. The fourth-order valence-electron chi connectivity index (χ4n) is 1.25. The van der Waals surface area contributed by atoms with Gasteiger partial charge in [0.2, 0.25) is 0 Å². The Morgan fingerprint density at radius 2 is 2.14 bits per heavy atom. The molecule has 0 spiro atoms. The molecule has 4 heteroatoms. The van der Waals surface area contributed by atoms with Gasteiger partial charge in [0.05, 0.1) is 0 Å². The molecule has 0 heterocycles. The van der Waals surface area contributed by atoms with E-state index in [2.05, 4.69) is 0 Å². The second kappa shape index (κ2) is 4.09. The van der Waals surface area contributed by atoms with Crippen molar-refractivity contribution in [1.29, 1.82) is 0 Å². The van der Waals surface area contributed by atoms with E-state index >= 15 is 0 Å². The van der Waals surface area contributed by atoms with Gasteiger partial charge in [0.15, 0.2) is 11.6 Å². The number of aryl methyl sites for hydroxylation is 2. The van der Waals surface area contributed by atoms with Gasteiger partial charge in [-0.1, -0.05) is 6.07 Å². The molecular formula is C10H11FO3. The number of aliphatic carboxylic acids is 1. The van der Waals surface area contributed by atoms with Gasteiger partial charge < -0.3 is 10.2 Å². The van der Waals surface area contributed by atoms with Crippen molar-refractivity contribution in [3.63, 3.8) is 0 Å². The fourth-order valence-corrected chi connectivity index (χ4v) is 1.25. The van der Waals surface area contributed by atoms with Crippen molar-refractivity contribution >= 4 is 5.97 Å². The van der Waals surface area contributed by atoms with Crippen LogP contribution in [0.15, 0.2) is 12.1 Å². The molecule has 0 amide bonds. The van der Waals surface area contributed by atoms with Gasteiger partial charge in [0, 0.05) is 6.42 Å². The molecule has 1 aromatic carbocycles. The van der Waals surface area contributed by atoms with Crippen LogP contribution in [0.5, 0.6) is 5.75 Å². The number of hydrogen-bond donors (Lipinski definition) is 2. The lowest BCUT2D eigenvalue weighted by Gasteiger charge is -2.04. The first kappa shape index (κ1) is 10.5. The van der Waals surface area contributed by atoms with Crippen LogP contribution >= 0.6 is 0 Å². The molecule has 2 N–H and O–H groups in total. The fraction of sp³-hybridized carbons (Fsp3) is 0.300. The largest absolute Gasteiger partial charge is 0.505 e. The van der Waals surface area contributed by atoms with Crippen molar-refractivity contribution in [2.75, 3.05) is 0 Å². The van der Waals surface area contributed by atoms with E-state index in [0.29, 0.717) is 5.56 Å². The summed E-state index contributed by atoms with van der Waals surface area (Å²) < 4.78 is 13.2. The van der Waals surface area contributed by atoms with Gasteiger partial charge in [-0.05, 0) is 30.5 Å². The highest BCUT2D eigenvalue weighted by Crippen LogP contribution is 2.22. The SMILES string of the molecule is Cc1cc(O)c(F)c(CCC(=O)O)c1. The summed E-state index contributed by atoms with van der Waals surface area (Å²) in [6.45, 7) is 1.71. The number of carboxylic acid groups (broad SMARTS) is 1. The zero-order chi connectivity index (χ0) is 10.7. The lowest BCUT2D eigenvalue weighted by Crippen LogP contribution is -2.00. The summed E-state index contributed by atoms with van der Waals surface area (Å²) >= 11 is 0. The Hall–Kier alpha value is -1.58. The Bertz CT molecular complexity index is 361. The normalized spacial score (nSPS) is 10.1. The van der Waals surface area contributed by atoms with E-state index in [0.717, 1.165) is 0 Å². The van der Waals surface area contributed by atoms with Gasteiger partial charge in [-0.3, -0.25) is 4.79 Å². The lowest BCUT2D eigenvalue weighted by atomic mass is 10.1. The van der Waals surface area contributed by atoms with Crippen molar-refractivity contribution < 1.29 is 19.4 Å². The summed E-state index contributed by atoms with van der Waals surface area (Å²) in [6.07, 6.45) is -0.0454. The third-order valence-corrected chi connectivity index (χ3v) is 1.88. The highest BCUT2D eigenvalue weighted by molar-refractivity contribution is 5.67. The molecule has 1 rings (SSSR count). The minimum absolute atomic E-state index is 0.0937. The van der Waals surface area contributed by atoms with Crippen LogP contribution in [0.3, 0.4) is 0 Å². The van der Waals surface area contributed by atoms with E-state index in [9.17, 15) is 9.18 Å². The lowest BCUT2D eigenvalue weighted by molar-refractivity contribution is -0.136. The third-order valence-electron chi connectivity index (χ3n) is 1.88. The second-order valence-electron chi connectivity index (χ2n) is 3.15. The van der Waals surface area contributed by atoms with Gasteiger partial charge >= 0.3 is 5.97 Å². The minimum Gasteiger partial charge on any atom is -0.505 e. The van der Waals surface area contributed by atoms with Crippen LogP contribution in [0.4, 0.5) is 4.39 Å². The summed E-state index contributed by atoms with van der Waals surface area (Å²) in [5.41, 5.74) is 0.953. The number of rotatable bonds is 3. The molecule has 0 fully saturated rings. The molecule has 0 bridgehead atoms. The highest BCUT2D eigenvalue weighted by atomic mass is 19.1.